The highest BCUT2D eigenvalue weighted by Crippen LogP contribution is 2.26. The Kier molecular flexibility index (Phi) is 3.31. The van der Waals surface area contributed by atoms with E-state index in [1.54, 1.807) is 22.9 Å². The van der Waals surface area contributed by atoms with E-state index in [1.165, 1.54) is 0 Å². The Bertz CT molecular complexity index is 601. The number of halogens is 2. The van der Waals surface area contributed by atoms with Gasteiger partial charge < -0.3 is 0 Å². The average molecular weight is 271 g/mol. The fourth-order valence-corrected chi connectivity index (χ4v) is 2.05. The molecule has 2 rings (SSSR count). The van der Waals surface area contributed by atoms with Gasteiger partial charge in [0.2, 0.25) is 0 Å². The molecule has 2 aromatic rings. The van der Waals surface area contributed by atoms with E-state index in [-0.39, 0.29) is 11.6 Å². The Labute approximate surface area is 109 Å². The van der Waals surface area contributed by atoms with Crippen molar-refractivity contribution in [1.82, 2.24) is 9.78 Å². The molecule has 0 radical (unpaired) electrons. The summed E-state index contributed by atoms with van der Waals surface area (Å²) in [7, 11) is 0. The van der Waals surface area contributed by atoms with Gasteiger partial charge in [-0.15, -0.1) is 0 Å². The first-order valence-electron chi connectivity index (χ1n) is 5.22. The first-order chi connectivity index (χ1) is 7.99. The summed E-state index contributed by atoms with van der Waals surface area (Å²) < 4.78 is 1.56. The van der Waals surface area contributed by atoms with Gasteiger partial charge in [0.25, 0.3) is 5.56 Å². The second kappa shape index (κ2) is 4.59. The van der Waals surface area contributed by atoms with Crippen molar-refractivity contribution in [1.29, 1.82) is 0 Å². The van der Waals surface area contributed by atoms with Crippen LogP contribution in [0.3, 0.4) is 0 Å². The Morgan fingerprint density at radius 1 is 1.24 bits per heavy atom. The Balaban J connectivity index is 2.43. The third-order valence-corrected chi connectivity index (χ3v) is 3.43. The van der Waals surface area contributed by atoms with E-state index in [0.717, 1.165) is 11.3 Å². The third-order valence-electron chi connectivity index (χ3n) is 2.69. The lowest BCUT2D eigenvalue weighted by Crippen LogP contribution is -2.20. The summed E-state index contributed by atoms with van der Waals surface area (Å²) in [6.07, 6.45) is 0. The van der Waals surface area contributed by atoms with Crippen molar-refractivity contribution in [3.63, 3.8) is 0 Å². The minimum atomic E-state index is -0.106. The van der Waals surface area contributed by atoms with E-state index in [1.807, 2.05) is 19.9 Å². The lowest BCUT2D eigenvalue weighted by atomic mass is 10.1. The van der Waals surface area contributed by atoms with Gasteiger partial charge in [0.15, 0.2) is 0 Å². The molecule has 0 fully saturated rings. The van der Waals surface area contributed by atoms with Crippen LogP contribution in [0.15, 0.2) is 29.1 Å². The third kappa shape index (κ3) is 2.40. The number of rotatable bonds is 2. The van der Waals surface area contributed by atoms with Gasteiger partial charge in [0.1, 0.15) is 0 Å². The van der Waals surface area contributed by atoms with Gasteiger partial charge >= 0.3 is 0 Å². The number of hydrogen-bond donors (Lipinski definition) is 1. The van der Waals surface area contributed by atoms with Crippen LogP contribution in [0.1, 0.15) is 24.2 Å². The first-order valence-corrected chi connectivity index (χ1v) is 5.97. The standard InChI is InChI=1S/C12H12Cl2N2O/c1-7-5-12(17)16(15-7)8(2)9-3-4-10(13)11(14)6-9/h3-6,8,15H,1-2H3. The molecule has 3 nitrogen and oxygen atoms in total. The van der Waals surface area contributed by atoms with Gasteiger partial charge in [0, 0.05) is 11.8 Å². The van der Waals surface area contributed by atoms with Crippen LogP contribution in [0.25, 0.3) is 0 Å². The average Bonchev–Trinajstić information content (AvgIpc) is 2.61. The number of aromatic amines is 1. The van der Waals surface area contributed by atoms with E-state index < -0.39 is 0 Å². The van der Waals surface area contributed by atoms with E-state index in [4.69, 9.17) is 23.2 Å². The minimum absolute atomic E-state index is 0.0546. The van der Waals surface area contributed by atoms with E-state index >= 15 is 0 Å². The van der Waals surface area contributed by atoms with Crippen molar-refractivity contribution < 1.29 is 0 Å². The Morgan fingerprint density at radius 3 is 2.47 bits per heavy atom. The van der Waals surface area contributed by atoms with Gasteiger partial charge in [-0.05, 0) is 31.5 Å². The van der Waals surface area contributed by atoms with Gasteiger partial charge in [-0.25, -0.2) is 4.68 Å². The van der Waals surface area contributed by atoms with Crippen LogP contribution in [0.2, 0.25) is 10.0 Å². The number of nitrogens with zero attached hydrogens (tertiary/aromatic N) is 1. The van der Waals surface area contributed by atoms with Gasteiger partial charge in [-0.1, -0.05) is 29.3 Å². The molecule has 0 aliphatic heterocycles. The van der Waals surface area contributed by atoms with E-state index in [0.29, 0.717) is 10.0 Å². The summed E-state index contributed by atoms with van der Waals surface area (Å²) in [6, 6.07) is 6.83. The van der Waals surface area contributed by atoms with Crippen LogP contribution < -0.4 is 5.56 Å². The lowest BCUT2D eigenvalue weighted by Gasteiger charge is -2.13. The molecule has 0 amide bonds. The predicted octanol–water partition coefficient (Wildman–Crippen LogP) is 3.40. The Morgan fingerprint density at radius 2 is 1.94 bits per heavy atom. The fraction of sp³-hybridized carbons (Fsp3) is 0.250. The molecule has 0 aliphatic carbocycles. The van der Waals surface area contributed by atoms with Crippen LogP contribution in [-0.2, 0) is 0 Å². The van der Waals surface area contributed by atoms with Crippen LogP contribution in [-0.4, -0.2) is 9.78 Å². The molecular weight excluding hydrogens is 259 g/mol. The number of benzene rings is 1. The molecule has 1 aromatic heterocycles. The molecule has 90 valence electrons. The van der Waals surface area contributed by atoms with Crippen molar-refractivity contribution in [3.05, 3.63) is 55.9 Å². The summed E-state index contributed by atoms with van der Waals surface area (Å²) in [5.41, 5.74) is 1.71. The summed E-state index contributed by atoms with van der Waals surface area (Å²) in [6.45, 7) is 3.77. The molecular formula is C12H12Cl2N2O. The first kappa shape index (κ1) is 12.3. The van der Waals surface area contributed by atoms with Crippen molar-refractivity contribution in [2.75, 3.05) is 0 Å². The van der Waals surface area contributed by atoms with Crippen molar-refractivity contribution in [3.8, 4) is 0 Å². The monoisotopic (exact) mass is 270 g/mol. The molecule has 0 saturated carbocycles. The van der Waals surface area contributed by atoms with Crippen molar-refractivity contribution in [2.45, 2.75) is 19.9 Å². The van der Waals surface area contributed by atoms with Crippen LogP contribution in [0.5, 0.6) is 0 Å². The molecule has 1 unspecified atom stereocenters. The van der Waals surface area contributed by atoms with Gasteiger partial charge in [-0.2, -0.15) is 0 Å². The van der Waals surface area contributed by atoms with Crippen molar-refractivity contribution in [2.24, 2.45) is 0 Å². The maximum Gasteiger partial charge on any atom is 0.267 e. The second-order valence-electron chi connectivity index (χ2n) is 4.00. The van der Waals surface area contributed by atoms with Crippen LogP contribution in [0.4, 0.5) is 0 Å². The summed E-state index contributed by atoms with van der Waals surface area (Å²) >= 11 is 11.8. The molecule has 1 heterocycles. The molecule has 1 aromatic carbocycles. The number of H-pyrrole nitrogens is 1. The quantitative estimate of drug-likeness (QED) is 0.893. The fourth-order valence-electron chi connectivity index (χ4n) is 1.74. The number of nitrogens with one attached hydrogen (secondary N) is 1. The maximum atomic E-state index is 11.7. The molecule has 1 N–H and O–H groups in total. The smallest absolute Gasteiger partial charge is 0.267 e. The lowest BCUT2D eigenvalue weighted by molar-refractivity contribution is 0.544. The minimum Gasteiger partial charge on any atom is -0.299 e. The SMILES string of the molecule is Cc1cc(=O)n(C(C)c2ccc(Cl)c(Cl)c2)[nH]1. The highest BCUT2D eigenvalue weighted by atomic mass is 35.5. The van der Waals surface area contributed by atoms with Gasteiger partial charge in [-0.3, -0.25) is 9.89 Å². The molecule has 0 aliphatic rings. The number of aromatic nitrogens is 2. The largest absolute Gasteiger partial charge is 0.299 e. The normalized spacial score (nSPS) is 12.7. The zero-order valence-corrected chi connectivity index (χ0v) is 11.0. The van der Waals surface area contributed by atoms with E-state index in [2.05, 4.69) is 5.10 Å². The molecule has 0 saturated heterocycles. The zero-order valence-electron chi connectivity index (χ0n) is 9.50. The maximum absolute atomic E-state index is 11.7. The highest BCUT2D eigenvalue weighted by molar-refractivity contribution is 6.42. The predicted molar refractivity (Wildman–Crippen MR) is 70.1 cm³/mol. The molecule has 0 bridgehead atoms. The van der Waals surface area contributed by atoms with E-state index in [9.17, 15) is 4.79 Å². The van der Waals surface area contributed by atoms with Crippen LogP contribution >= 0.6 is 23.2 Å². The summed E-state index contributed by atoms with van der Waals surface area (Å²) in [4.78, 5) is 11.7. The molecule has 17 heavy (non-hydrogen) atoms. The topological polar surface area (TPSA) is 37.8 Å². The van der Waals surface area contributed by atoms with Gasteiger partial charge in [0.05, 0.1) is 16.1 Å². The number of hydrogen-bond acceptors (Lipinski definition) is 1. The van der Waals surface area contributed by atoms with Crippen LogP contribution in [0, 0.1) is 6.92 Å². The highest BCUT2D eigenvalue weighted by Gasteiger charge is 2.12. The zero-order chi connectivity index (χ0) is 12.6. The second-order valence-corrected chi connectivity index (χ2v) is 4.81. The number of aryl methyl sites for hydroxylation is 1. The molecule has 1 atom stereocenters. The Hall–Kier alpha value is -1.19. The molecule has 5 heteroatoms. The summed E-state index contributed by atoms with van der Waals surface area (Å²) in [5.74, 6) is 0. The molecule has 0 spiro atoms. The van der Waals surface area contributed by atoms with Crippen molar-refractivity contribution >= 4 is 23.2 Å². The summed E-state index contributed by atoms with van der Waals surface area (Å²) in [5, 5.41) is 4.01.